The third-order valence-electron chi connectivity index (χ3n) is 3.02. The summed E-state index contributed by atoms with van der Waals surface area (Å²) in [6.07, 6.45) is 0. The van der Waals surface area contributed by atoms with Gasteiger partial charge in [0.2, 0.25) is 0 Å². The number of nitrogens with zero attached hydrogens (tertiary/aromatic N) is 2. The van der Waals surface area contributed by atoms with Gasteiger partial charge in [0.05, 0.1) is 17.7 Å². The van der Waals surface area contributed by atoms with Gasteiger partial charge in [-0.3, -0.25) is 0 Å². The summed E-state index contributed by atoms with van der Waals surface area (Å²) in [6, 6.07) is 6.60. The maximum absolute atomic E-state index is 4.30. The summed E-state index contributed by atoms with van der Waals surface area (Å²) >= 11 is 5.29. The molecule has 1 aromatic carbocycles. The summed E-state index contributed by atoms with van der Waals surface area (Å²) in [5, 5.41) is 0.885. The van der Waals surface area contributed by atoms with Crippen LogP contribution in [-0.4, -0.2) is 12.0 Å². The summed E-state index contributed by atoms with van der Waals surface area (Å²) in [7, 11) is 2.13. The third kappa shape index (κ3) is 2.93. The molecule has 0 spiro atoms. The van der Waals surface area contributed by atoms with Crippen LogP contribution in [-0.2, 0) is 11.9 Å². The lowest BCUT2D eigenvalue weighted by Crippen LogP contribution is -2.17. The van der Waals surface area contributed by atoms with Gasteiger partial charge in [0, 0.05) is 22.9 Å². The summed E-state index contributed by atoms with van der Waals surface area (Å²) in [6.45, 7) is 5.11. The van der Waals surface area contributed by atoms with Crippen molar-refractivity contribution in [1.29, 1.82) is 0 Å². The second-order valence-corrected chi connectivity index (χ2v) is 5.98. The minimum atomic E-state index is 0.885. The van der Waals surface area contributed by atoms with Crippen molar-refractivity contribution in [3.63, 3.8) is 0 Å². The fourth-order valence-corrected chi connectivity index (χ4v) is 3.25. The van der Waals surface area contributed by atoms with Gasteiger partial charge in [-0.15, -0.1) is 11.3 Å². The van der Waals surface area contributed by atoms with Crippen LogP contribution in [0.1, 0.15) is 21.7 Å². The van der Waals surface area contributed by atoms with Crippen LogP contribution in [0.5, 0.6) is 0 Å². The topological polar surface area (TPSA) is 16.1 Å². The van der Waals surface area contributed by atoms with E-state index in [4.69, 9.17) is 0 Å². The summed E-state index contributed by atoms with van der Waals surface area (Å²) in [5.74, 6) is 0. The number of benzene rings is 1. The largest absolute Gasteiger partial charge is 0.369 e. The molecular weight excluding hydrogens is 308 g/mol. The lowest BCUT2D eigenvalue weighted by Gasteiger charge is -2.22. The fourth-order valence-electron chi connectivity index (χ4n) is 1.97. The van der Waals surface area contributed by atoms with Gasteiger partial charge in [0.15, 0.2) is 0 Å². The number of rotatable bonds is 4. The zero-order valence-electron chi connectivity index (χ0n) is 10.9. The molecule has 4 heteroatoms. The van der Waals surface area contributed by atoms with Crippen LogP contribution in [0.4, 0.5) is 5.69 Å². The minimum Gasteiger partial charge on any atom is -0.369 e. The molecule has 1 heterocycles. The Hall–Kier alpha value is -0.870. The van der Waals surface area contributed by atoms with Crippen LogP contribution < -0.4 is 4.90 Å². The number of hydrogen-bond acceptors (Lipinski definition) is 3. The summed E-state index contributed by atoms with van der Waals surface area (Å²) in [5.41, 5.74) is 6.97. The Labute approximate surface area is 121 Å². The van der Waals surface area contributed by atoms with Crippen LogP contribution in [0, 0.1) is 13.8 Å². The van der Waals surface area contributed by atoms with E-state index in [0.29, 0.717) is 0 Å². The molecule has 0 aliphatic carbocycles. The van der Waals surface area contributed by atoms with Gasteiger partial charge in [-0.05, 0) is 25.5 Å². The van der Waals surface area contributed by atoms with Crippen molar-refractivity contribution in [1.82, 2.24) is 4.98 Å². The predicted octanol–water partition coefficient (Wildman–Crippen LogP) is 4.29. The van der Waals surface area contributed by atoms with E-state index in [0.717, 1.165) is 17.6 Å². The molecular formula is C14H17BrN2S. The molecule has 2 rings (SSSR count). The average molecular weight is 325 g/mol. The highest BCUT2D eigenvalue weighted by Crippen LogP contribution is 2.26. The maximum Gasteiger partial charge on any atom is 0.0798 e. The zero-order valence-corrected chi connectivity index (χ0v) is 13.3. The Kier molecular flexibility index (Phi) is 4.40. The van der Waals surface area contributed by atoms with E-state index >= 15 is 0 Å². The molecule has 0 unspecified atom stereocenters. The first kappa shape index (κ1) is 13.6. The highest BCUT2D eigenvalue weighted by molar-refractivity contribution is 9.08. The van der Waals surface area contributed by atoms with Crippen molar-refractivity contribution >= 4 is 33.0 Å². The van der Waals surface area contributed by atoms with Gasteiger partial charge in [-0.1, -0.05) is 33.6 Å². The van der Waals surface area contributed by atoms with E-state index < -0.39 is 0 Å². The predicted molar refractivity (Wildman–Crippen MR) is 82.8 cm³/mol. The average Bonchev–Trinajstić information content (AvgIpc) is 2.74. The number of aryl methyl sites for hydroxylation is 2. The Morgan fingerprint density at radius 1 is 1.33 bits per heavy atom. The number of anilines is 1. The first-order valence-corrected chi connectivity index (χ1v) is 7.87. The normalized spacial score (nSPS) is 10.7. The SMILES string of the molecule is Cc1ccc(N(C)Cc2scnc2C)c(CBr)c1. The Bertz CT molecular complexity index is 536. The molecule has 0 aliphatic heterocycles. The number of aromatic nitrogens is 1. The van der Waals surface area contributed by atoms with E-state index in [2.05, 4.69) is 64.9 Å². The van der Waals surface area contributed by atoms with Gasteiger partial charge in [-0.25, -0.2) is 4.98 Å². The molecule has 0 N–H and O–H groups in total. The third-order valence-corrected chi connectivity index (χ3v) is 4.54. The van der Waals surface area contributed by atoms with E-state index in [-0.39, 0.29) is 0 Å². The lowest BCUT2D eigenvalue weighted by atomic mass is 10.1. The fraction of sp³-hybridized carbons (Fsp3) is 0.357. The van der Waals surface area contributed by atoms with Gasteiger partial charge < -0.3 is 4.90 Å². The van der Waals surface area contributed by atoms with Gasteiger partial charge in [0.25, 0.3) is 0 Å². The van der Waals surface area contributed by atoms with Crippen molar-refractivity contribution < 1.29 is 0 Å². The molecule has 0 aliphatic rings. The van der Waals surface area contributed by atoms with E-state index in [1.807, 2.05) is 5.51 Å². The molecule has 0 amide bonds. The standard InChI is InChI=1S/C14H17BrN2S/c1-10-4-5-13(12(6-10)7-15)17(3)8-14-11(2)16-9-18-14/h4-6,9H,7-8H2,1-3H3. The molecule has 2 nitrogen and oxygen atoms in total. The number of hydrogen-bond donors (Lipinski definition) is 0. The highest BCUT2D eigenvalue weighted by atomic mass is 79.9. The van der Waals surface area contributed by atoms with Gasteiger partial charge in [-0.2, -0.15) is 0 Å². The van der Waals surface area contributed by atoms with Crippen LogP contribution in [0.2, 0.25) is 0 Å². The lowest BCUT2D eigenvalue weighted by molar-refractivity contribution is 0.919. The number of halogens is 1. The smallest absolute Gasteiger partial charge is 0.0798 e. The van der Waals surface area contributed by atoms with E-state index in [1.54, 1.807) is 11.3 Å². The van der Waals surface area contributed by atoms with E-state index in [9.17, 15) is 0 Å². The second-order valence-electron chi connectivity index (χ2n) is 4.48. The van der Waals surface area contributed by atoms with Crippen molar-refractivity contribution in [2.75, 3.05) is 11.9 Å². The van der Waals surface area contributed by atoms with Crippen molar-refractivity contribution in [2.45, 2.75) is 25.7 Å². The van der Waals surface area contributed by atoms with E-state index in [1.165, 1.54) is 21.7 Å². The minimum absolute atomic E-state index is 0.885. The van der Waals surface area contributed by atoms with Crippen LogP contribution in [0.25, 0.3) is 0 Å². The second kappa shape index (κ2) is 5.85. The Balaban J connectivity index is 2.23. The Morgan fingerprint density at radius 3 is 2.72 bits per heavy atom. The molecule has 0 atom stereocenters. The molecule has 96 valence electrons. The Morgan fingerprint density at radius 2 is 2.11 bits per heavy atom. The van der Waals surface area contributed by atoms with Gasteiger partial charge >= 0.3 is 0 Å². The van der Waals surface area contributed by atoms with Crippen molar-refractivity contribution in [3.05, 3.63) is 45.4 Å². The molecule has 0 saturated carbocycles. The molecule has 1 aromatic heterocycles. The quantitative estimate of drug-likeness (QED) is 0.780. The van der Waals surface area contributed by atoms with Crippen LogP contribution >= 0.6 is 27.3 Å². The molecule has 18 heavy (non-hydrogen) atoms. The molecule has 0 bridgehead atoms. The monoisotopic (exact) mass is 324 g/mol. The summed E-state index contributed by atoms with van der Waals surface area (Å²) < 4.78 is 0. The highest BCUT2D eigenvalue weighted by Gasteiger charge is 2.10. The molecule has 0 saturated heterocycles. The molecule has 2 aromatic rings. The van der Waals surface area contributed by atoms with Crippen LogP contribution in [0.15, 0.2) is 23.7 Å². The van der Waals surface area contributed by atoms with Crippen molar-refractivity contribution in [2.24, 2.45) is 0 Å². The maximum atomic E-state index is 4.30. The first-order chi connectivity index (χ1) is 8.61. The van der Waals surface area contributed by atoms with Crippen LogP contribution in [0.3, 0.4) is 0 Å². The zero-order chi connectivity index (χ0) is 13.1. The van der Waals surface area contributed by atoms with Gasteiger partial charge in [0.1, 0.15) is 0 Å². The molecule has 0 radical (unpaired) electrons. The summed E-state index contributed by atoms with van der Waals surface area (Å²) in [4.78, 5) is 7.92. The molecule has 0 fully saturated rings. The first-order valence-electron chi connectivity index (χ1n) is 5.87. The number of alkyl halides is 1. The van der Waals surface area contributed by atoms with Crippen molar-refractivity contribution in [3.8, 4) is 0 Å². The number of thiazole rings is 1.